The van der Waals surface area contributed by atoms with E-state index in [2.05, 4.69) is 18.8 Å². The van der Waals surface area contributed by atoms with E-state index in [0.29, 0.717) is 12.1 Å². The molecule has 1 fully saturated rings. The fourth-order valence-electron chi connectivity index (χ4n) is 2.22. The van der Waals surface area contributed by atoms with Crippen LogP contribution in [0.2, 0.25) is 0 Å². The minimum atomic E-state index is 0.537. The van der Waals surface area contributed by atoms with Gasteiger partial charge in [0.05, 0.1) is 6.10 Å². The Kier molecular flexibility index (Phi) is 6.69. The van der Waals surface area contributed by atoms with Gasteiger partial charge < -0.3 is 10.1 Å². The summed E-state index contributed by atoms with van der Waals surface area (Å²) in [7, 11) is 0. The van der Waals surface area contributed by atoms with Gasteiger partial charge in [0.2, 0.25) is 0 Å². The van der Waals surface area contributed by atoms with Crippen molar-refractivity contribution in [3.05, 3.63) is 12.7 Å². The van der Waals surface area contributed by atoms with Gasteiger partial charge >= 0.3 is 0 Å². The van der Waals surface area contributed by atoms with E-state index in [0.717, 1.165) is 19.6 Å². The van der Waals surface area contributed by atoms with Crippen LogP contribution < -0.4 is 5.32 Å². The zero-order chi connectivity index (χ0) is 10.9. The summed E-state index contributed by atoms with van der Waals surface area (Å²) >= 11 is 0. The molecule has 1 aliphatic rings. The Bertz CT molecular complexity index is 164. The van der Waals surface area contributed by atoms with Gasteiger partial charge in [-0.2, -0.15) is 0 Å². The van der Waals surface area contributed by atoms with Crippen LogP contribution in [0.1, 0.15) is 45.4 Å². The molecule has 0 aromatic heterocycles. The van der Waals surface area contributed by atoms with Crippen molar-refractivity contribution in [2.24, 2.45) is 0 Å². The van der Waals surface area contributed by atoms with Gasteiger partial charge in [0.15, 0.2) is 0 Å². The van der Waals surface area contributed by atoms with E-state index >= 15 is 0 Å². The van der Waals surface area contributed by atoms with E-state index in [9.17, 15) is 0 Å². The Morgan fingerprint density at radius 2 is 2.40 bits per heavy atom. The van der Waals surface area contributed by atoms with Gasteiger partial charge in [-0.1, -0.05) is 13.0 Å². The van der Waals surface area contributed by atoms with Gasteiger partial charge in [-0.05, 0) is 45.1 Å². The maximum absolute atomic E-state index is 5.64. The molecule has 0 radical (unpaired) electrons. The summed E-state index contributed by atoms with van der Waals surface area (Å²) in [5.74, 6) is 0. The van der Waals surface area contributed by atoms with Crippen LogP contribution in [0.3, 0.4) is 0 Å². The highest BCUT2D eigenvalue weighted by molar-refractivity contribution is 4.76. The quantitative estimate of drug-likeness (QED) is 0.623. The lowest BCUT2D eigenvalue weighted by atomic mass is 10.0. The third-order valence-corrected chi connectivity index (χ3v) is 3.07. The highest BCUT2D eigenvalue weighted by Gasteiger charge is 2.17. The summed E-state index contributed by atoms with van der Waals surface area (Å²) in [6.45, 7) is 7.99. The van der Waals surface area contributed by atoms with Crippen LogP contribution in [0.25, 0.3) is 0 Å². The third kappa shape index (κ3) is 5.33. The zero-order valence-corrected chi connectivity index (χ0v) is 10.0. The Balaban J connectivity index is 2.14. The fourth-order valence-corrected chi connectivity index (χ4v) is 2.22. The Labute approximate surface area is 94.1 Å². The molecule has 1 rings (SSSR count). The van der Waals surface area contributed by atoms with E-state index in [1.54, 1.807) is 0 Å². The van der Waals surface area contributed by atoms with Crippen LogP contribution in [0, 0.1) is 0 Å². The van der Waals surface area contributed by atoms with Gasteiger partial charge in [0.25, 0.3) is 0 Å². The van der Waals surface area contributed by atoms with E-state index in [-0.39, 0.29) is 0 Å². The first-order valence-corrected chi connectivity index (χ1v) is 6.32. The van der Waals surface area contributed by atoms with Crippen molar-refractivity contribution < 1.29 is 4.74 Å². The molecule has 0 bridgehead atoms. The molecule has 2 atom stereocenters. The lowest BCUT2D eigenvalue weighted by Gasteiger charge is -2.18. The number of hydrogen-bond donors (Lipinski definition) is 1. The lowest BCUT2D eigenvalue weighted by Crippen LogP contribution is -2.29. The molecule has 0 spiro atoms. The maximum Gasteiger partial charge on any atom is 0.0576 e. The zero-order valence-electron chi connectivity index (χ0n) is 10.0. The average Bonchev–Trinajstić information content (AvgIpc) is 2.75. The molecule has 2 nitrogen and oxygen atoms in total. The lowest BCUT2D eigenvalue weighted by molar-refractivity contribution is 0.0993. The molecule has 2 heteroatoms. The topological polar surface area (TPSA) is 21.3 Å². The number of ether oxygens (including phenoxy) is 1. The molecule has 0 aliphatic carbocycles. The number of allylic oxidation sites excluding steroid dienone is 1. The molecule has 1 N–H and O–H groups in total. The first kappa shape index (κ1) is 12.7. The predicted molar refractivity (Wildman–Crippen MR) is 65.1 cm³/mol. The molecule has 15 heavy (non-hydrogen) atoms. The van der Waals surface area contributed by atoms with E-state index < -0.39 is 0 Å². The molecule has 0 saturated carbocycles. The second kappa shape index (κ2) is 7.89. The highest BCUT2D eigenvalue weighted by atomic mass is 16.5. The van der Waals surface area contributed by atoms with Gasteiger partial charge in [0.1, 0.15) is 0 Å². The highest BCUT2D eigenvalue weighted by Crippen LogP contribution is 2.18. The van der Waals surface area contributed by atoms with Crippen LogP contribution >= 0.6 is 0 Å². The maximum atomic E-state index is 5.64. The smallest absolute Gasteiger partial charge is 0.0576 e. The average molecular weight is 211 g/mol. The number of nitrogens with one attached hydrogen (secondary N) is 1. The largest absolute Gasteiger partial charge is 0.378 e. The Hall–Kier alpha value is -0.340. The Morgan fingerprint density at radius 1 is 1.53 bits per heavy atom. The van der Waals surface area contributed by atoms with Crippen LogP contribution in [0.5, 0.6) is 0 Å². The molecule has 2 unspecified atom stereocenters. The summed E-state index contributed by atoms with van der Waals surface area (Å²) < 4.78 is 5.64. The van der Waals surface area contributed by atoms with Crippen molar-refractivity contribution in [1.29, 1.82) is 0 Å². The van der Waals surface area contributed by atoms with Gasteiger partial charge in [-0.3, -0.25) is 0 Å². The monoisotopic (exact) mass is 211 g/mol. The van der Waals surface area contributed by atoms with Crippen molar-refractivity contribution in [2.75, 3.05) is 13.2 Å². The molecule has 88 valence electrons. The summed E-state index contributed by atoms with van der Waals surface area (Å²) in [6, 6.07) is 0.650. The predicted octanol–water partition coefficient (Wildman–Crippen LogP) is 2.89. The van der Waals surface area contributed by atoms with Crippen LogP contribution in [0.15, 0.2) is 12.7 Å². The van der Waals surface area contributed by atoms with Crippen molar-refractivity contribution in [2.45, 2.75) is 57.6 Å². The minimum Gasteiger partial charge on any atom is -0.378 e. The molecule has 1 aliphatic heterocycles. The van der Waals surface area contributed by atoms with Crippen LogP contribution in [-0.2, 0) is 4.74 Å². The van der Waals surface area contributed by atoms with Gasteiger partial charge in [-0.15, -0.1) is 6.58 Å². The van der Waals surface area contributed by atoms with E-state index in [1.807, 2.05) is 6.08 Å². The van der Waals surface area contributed by atoms with Gasteiger partial charge in [0, 0.05) is 12.6 Å². The first-order valence-electron chi connectivity index (χ1n) is 6.32. The SMILES string of the molecule is C=CCCC(CCC1CCCO1)NCC. The second-order valence-electron chi connectivity index (χ2n) is 4.33. The summed E-state index contributed by atoms with van der Waals surface area (Å²) in [6.07, 6.45) is 9.85. The van der Waals surface area contributed by atoms with Crippen molar-refractivity contribution in [3.8, 4) is 0 Å². The molecule has 1 saturated heterocycles. The summed E-state index contributed by atoms with van der Waals surface area (Å²) in [5.41, 5.74) is 0. The molecule has 1 heterocycles. The molecule has 0 aromatic rings. The molecular formula is C13H25NO. The van der Waals surface area contributed by atoms with E-state index in [1.165, 1.54) is 32.1 Å². The fraction of sp³-hybridized carbons (Fsp3) is 0.846. The molecular weight excluding hydrogens is 186 g/mol. The van der Waals surface area contributed by atoms with Crippen molar-refractivity contribution in [1.82, 2.24) is 5.32 Å². The molecule has 0 amide bonds. The summed E-state index contributed by atoms with van der Waals surface area (Å²) in [4.78, 5) is 0. The minimum absolute atomic E-state index is 0.537. The van der Waals surface area contributed by atoms with Crippen molar-refractivity contribution >= 4 is 0 Å². The van der Waals surface area contributed by atoms with E-state index in [4.69, 9.17) is 4.74 Å². The van der Waals surface area contributed by atoms with Crippen molar-refractivity contribution in [3.63, 3.8) is 0 Å². The van der Waals surface area contributed by atoms with Crippen LogP contribution in [0.4, 0.5) is 0 Å². The standard InChI is InChI=1S/C13H25NO/c1-3-5-7-12(14-4-2)9-10-13-8-6-11-15-13/h3,12-14H,1,4-11H2,2H3. The normalized spacial score (nSPS) is 22.9. The number of hydrogen-bond acceptors (Lipinski definition) is 2. The summed E-state index contributed by atoms with van der Waals surface area (Å²) in [5, 5.41) is 3.54. The Morgan fingerprint density at radius 3 is 3.00 bits per heavy atom. The van der Waals surface area contributed by atoms with Crippen LogP contribution in [-0.4, -0.2) is 25.3 Å². The third-order valence-electron chi connectivity index (χ3n) is 3.07. The first-order chi connectivity index (χ1) is 7.36. The molecule has 0 aromatic carbocycles. The van der Waals surface area contributed by atoms with Gasteiger partial charge in [-0.25, -0.2) is 0 Å². The number of rotatable bonds is 8. The second-order valence-corrected chi connectivity index (χ2v) is 4.33.